The summed E-state index contributed by atoms with van der Waals surface area (Å²) in [6.07, 6.45) is 7.71. The molecule has 0 radical (unpaired) electrons. The van der Waals surface area contributed by atoms with Gasteiger partial charge in [0, 0.05) is 25.0 Å². The minimum atomic E-state index is -0.172. The molecule has 1 aromatic heterocycles. The first-order valence-corrected chi connectivity index (χ1v) is 7.53. The first-order chi connectivity index (χ1) is 9.47. The van der Waals surface area contributed by atoms with Crippen LogP contribution in [-0.2, 0) is 0 Å². The maximum atomic E-state index is 12.4. The highest BCUT2D eigenvalue weighted by molar-refractivity contribution is 5.36. The second kappa shape index (κ2) is 5.95. The van der Waals surface area contributed by atoms with E-state index in [1.165, 1.54) is 0 Å². The summed E-state index contributed by atoms with van der Waals surface area (Å²) in [5.41, 5.74) is 5.75. The van der Waals surface area contributed by atoms with Crippen LogP contribution in [0.1, 0.15) is 52.5 Å². The lowest BCUT2D eigenvalue weighted by Gasteiger charge is -2.39. The van der Waals surface area contributed by atoms with Crippen molar-refractivity contribution in [3.05, 3.63) is 22.7 Å². The number of nitrogens with one attached hydrogen (secondary N) is 1. The predicted octanol–water partition coefficient (Wildman–Crippen LogP) is 2.14. The van der Waals surface area contributed by atoms with Gasteiger partial charge in [-0.3, -0.25) is 4.79 Å². The van der Waals surface area contributed by atoms with Gasteiger partial charge in [-0.1, -0.05) is 6.92 Å². The van der Waals surface area contributed by atoms with Gasteiger partial charge in [-0.05, 0) is 45.4 Å². The Labute approximate surface area is 120 Å². The van der Waals surface area contributed by atoms with E-state index in [1.54, 1.807) is 17.0 Å². The zero-order valence-electron chi connectivity index (χ0n) is 12.7. The zero-order valence-corrected chi connectivity index (χ0v) is 12.7. The van der Waals surface area contributed by atoms with E-state index < -0.39 is 0 Å². The third-order valence-electron chi connectivity index (χ3n) is 4.43. The molecule has 3 N–H and O–H groups in total. The minimum Gasteiger partial charge on any atom is -0.359 e. The summed E-state index contributed by atoms with van der Waals surface area (Å²) in [6.45, 7) is 6.79. The van der Waals surface area contributed by atoms with Gasteiger partial charge >= 0.3 is 0 Å². The summed E-state index contributed by atoms with van der Waals surface area (Å²) in [6, 6.07) is 0.131. The van der Waals surface area contributed by atoms with Crippen molar-refractivity contribution >= 4 is 5.82 Å². The Morgan fingerprint density at radius 3 is 2.70 bits per heavy atom. The fourth-order valence-corrected chi connectivity index (χ4v) is 2.86. The lowest BCUT2D eigenvalue weighted by molar-refractivity contribution is 0.271. The molecule has 1 saturated carbocycles. The normalized spacial score (nSPS) is 26.8. The third-order valence-corrected chi connectivity index (χ3v) is 4.43. The minimum absolute atomic E-state index is 0.0612. The van der Waals surface area contributed by atoms with Gasteiger partial charge in [0.1, 0.15) is 0 Å². The predicted molar refractivity (Wildman–Crippen MR) is 81.9 cm³/mol. The van der Waals surface area contributed by atoms with E-state index in [0.29, 0.717) is 12.4 Å². The first kappa shape index (κ1) is 15.0. The molecule has 2 rings (SSSR count). The van der Waals surface area contributed by atoms with Gasteiger partial charge in [0.15, 0.2) is 5.82 Å². The van der Waals surface area contributed by atoms with E-state index in [9.17, 15) is 4.79 Å². The van der Waals surface area contributed by atoms with Gasteiger partial charge in [-0.15, -0.1) is 0 Å². The standard InChI is InChI=1S/C15H26N4O/c1-11(2)19-9-8-17-13(14(19)20)18-15(10-16)6-4-12(3)5-7-15/h8-9,11-12H,4-7,10,16H2,1-3H3,(H,17,18). The highest BCUT2D eigenvalue weighted by Gasteiger charge is 2.33. The number of nitrogens with zero attached hydrogens (tertiary/aromatic N) is 2. The van der Waals surface area contributed by atoms with Crippen molar-refractivity contribution in [2.75, 3.05) is 11.9 Å². The molecule has 0 bridgehead atoms. The molecule has 0 amide bonds. The van der Waals surface area contributed by atoms with Crippen LogP contribution in [0.3, 0.4) is 0 Å². The van der Waals surface area contributed by atoms with Gasteiger partial charge in [-0.2, -0.15) is 0 Å². The Kier molecular flexibility index (Phi) is 4.48. The Morgan fingerprint density at radius 2 is 2.15 bits per heavy atom. The second-order valence-corrected chi connectivity index (χ2v) is 6.37. The maximum Gasteiger partial charge on any atom is 0.293 e. The molecule has 1 aromatic rings. The molecule has 0 spiro atoms. The van der Waals surface area contributed by atoms with Crippen molar-refractivity contribution in [2.24, 2.45) is 11.7 Å². The zero-order chi connectivity index (χ0) is 14.8. The molecule has 0 aromatic carbocycles. The van der Waals surface area contributed by atoms with Gasteiger partial charge < -0.3 is 15.6 Å². The molecule has 0 unspecified atom stereocenters. The molecule has 1 heterocycles. The van der Waals surface area contributed by atoms with Crippen molar-refractivity contribution in [3.8, 4) is 0 Å². The summed E-state index contributed by atoms with van der Waals surface area (Å²) in [5, 5.41) is 3.36. The van der Waals surface area contributed by atoms with Crippen LogP contribution in [0.5, 0.6) is 0 Å². The summed E-state index contributed by atoms with van der Waals surface area (Å²) in [7, 11) is 0. The SMILES string of the molecule is CC1CCC(CN)(Nc2nccn(C(C)C)c2=O)CC1. The van der Waals surface area contributed by atoms with E-state index in [2.05, 4.69) is 17.2 Å². The van der Waals surface area contributed by atoms with E-state index in [0.717, 1.165) is 31.6 Å². The van der Waals surface area contributed by atoms with E-state index >= 15 is 0 Å². The Balaban J connectivity index is 2.24. The molecule has 0 saturated heterocycles. The molecular weight excluding hydrogens is 252 g/mol. The summed E-state index contributed by atoms with van der Waals surface area (Å²) in [5.74, 6) is 1.17. The molecule has 1 aliphatic carbocycles. The fourth-order valence-electron chi connectivity index (χ4n) is 2.86. The molecular formula is C15H26N4O. The van der Waals surface area contributed by atoms with Crippen LogP contribution >= 0.6 is 0 Å². The molecule has 1 fully saturated rings. The molecule has 112 valence electrons. The molecule has 20 heavy (non-hydrogen) atoms. The Hall–Kier alpha value is -1.36. The van der Waals surface area contributed by atoms with Crippen LogP contribution in [-0.4, -0.2) is 21.6 Å². The largest absolute Gasteiger partial charge is 0.359 e. The van der Waals surface area contributed by atoms with Crippen LogP contribution in [0, 0.1) is 5.92 Å². The van der Waals surface area contributed by atoms with Crippen LogP contribution in [0.25, 0.3) is 0 Å². The molecule has 0 atom stereocenters. The second-order valence-electron chi connectivity index (χ2n) is 6.37. The van der Waals surface area contributed by atoms with Gasteiger partial charge in [0.25, 0.3) is 5.56 Å². The quantitative estimate of drug-likeness (QED) is 0.885. The van der Waals surface area contributed by atoms with Crippen molar-refractivity contribution < 1.29 is 0 Å². The van der Waals surface area contributed by atoms with E-state index in [4.69, 9.17) is 5.73 Å². The van der Waals surface area contributed by atoms with Crippen LogP contribution in [0.15, 0.2) is 17.2 Å². The van der Waals surface area contributed by atoms with Crippen molar-refractivity contribution in [3.63, 3.8) is 0 Å². The summed E-state index contributed by atoms with van der Waals surface area (Å²) >= 11 is 0. The topological polar surface area (TPSA) is 72.9 Å². The van der Waals surface area contributed by atoms with Crippen LogP contribution < -0.4 is 16.6 Å². The molecule has 1 aliphatic rings. The number of rotatable bonds is 4. The summed E-state index contributed by atoms with van der Waals surface area (Å²) in [4.78, 5) is 16.6. The Morgan fingerprint density at radius 1 is 1.50 bits per heavy atom. The number of aromatic nitrogens is 2. The van der Waals surface area contributed by atoms with Crippen molar-refractivity contribution in [1.29, 1.82) is 0 Å². The van der Waals surface area contributed by atoms with Crippen molar-refractivity contribution in [1.82, 2.24) is 9.55 Å². The van der Waals surface area contributed by atoms with Crippen LogP contribution in [0.4, 0.5) is 5.82 Å². The molecule has 5 heteroatoms. The summed E-state index contributed by atoms with van der Waals surface area (Å²) < 4.78 is 1.70. The number of anilines is 1. The average Bonchev–Trinajstić information content (AvgIpc) is 2.43. The van der Waals surface area contributed by atoms with E-state index in [-0.39, 0.29) is 17.1 Å². The first-order valence-electron chi connectivity index (χ1n) is 7.53. The molecule has 0 aliphatic heterocycles. The Bertz CT molecular complexity index is 501. The smallest absolute Gasteiger partial charge is 0.293 e. The van der Waals surface area contributed by atoms with Gasteiger partial charge in [0.05, 0.1) is 5.54 Å². The van der Waals surface area contributed by atoms with Gasteiger partial charge in [-0.25, -0.2) is 4.98 Å². The lowest BCUT2D eigenvalue weighted by atomic mass is 9.77. The highest BCUT2D eigenvalue weighted by Crippen LogP contribution is 2.33. The van der Waals surface area contributed by atoms with E-state index in [1.807, 2.05) is 13.8 Å². The number of nitrogens with two attached hydrogens (primary N) is 1. The number of hydrogen-bond donors (Lipinski definition) is 2. The third kappa shape index (κ3) is 3.03. The lowest BCUT2D eigenvalue weighted by Crippen LogP contribution is -2.49. The number of hydrogen-bond acceptors (Lipinski definition) is 4. The maximum absolute atomic E-state index is 12.4. The highest BCUT2D eigenvalue weighted by atomic mass is 16.1. The van der Waals surface area contributed by atoms with Crippen molar-refractivity contribution in [2.45, 2.75) is 58.0 Å². The monoisotopic (exact) mass is 278 g/mol. The average molecular weight is 278 g/mol. The van der Waals surface area contributed by atoms with Gasteiger partial charge in [0.2, 0.25) is 0 Å². The van der Waals surface area contributed by atoms with Crippen LogP contribution in [0.2, 0.25) is 0 Å². The molecule has 5 nitrogen and oxygen atoms in total. The fraction of sp³-hybridized carbons (Fsp3) is 0.733.